The van der Waals surface area contributed by atoms with Gasteiger partial charge in [0.05, 0.1) is 27.3 Å². The predicted octanol–water partition coefficient (Wildman–Crippen LogP) is 1.55. The highest BCUT2D eigenvalue weighted by Gasteiger charge is 2.30. The maximum atomic E-state index is 10.5. The second-order valence-electron chi connectivity index (χ2n) is 4.81. The van der Waals surface area contributed by atoms with Crippen LogP contribution in [-0.4, -0.2) is 35.8 Å². The molecule has 2 aromatic rings. The average molecular weight is 287 g/mol. The fourth-order valence-electron chi connectivity index (χ4n) is 2.68. The van der Waals surface area contributed by atoms with Crippen LogP contribution < -0.4 is 14.4 Å². The molecule has 0 amide bonds. The highest BCUT2D eigenvalue weighted by Crippen LogP contribution is 2.39. The van der Waals surface area contributed by atoms with Gasteiger partial charge in [-0.25, -0.2) is 9.97 Å². The normalized spacial score (nSPS) is 17.3. The number of aliphatic hydroxyl groups is 1. The number of rotatable bonds is 3. The summed E-state index contributed by atoms with van der Waals surface area (Å²) in [5.41, 5.74) is 1.69. The molecule has 0 saturated heterocycles. The Bertz CT molecular complexity index is 634. The number of ether oxygens (including phenoxy) is 2. The van der Waals surface area contributed by atoms with Crippen LogP contribution in [0.4, 0.5) is 5.95 Å². The number of anilines is 1. The van der Waals surface area contributed by atoms with Crippen molar-refractivity contribution >= 4 is 5.95 Å². The van der Waals surface area contributed by atoms with Gasteiger partial charge >= 0.3 is 0 Å². The summed E-state index contributed by atoms with van der Waals surface area (Å²) in [6.45, 7) is 0.983. The van der Waals surface area contributed by atoms with Gasteiger partial charge in [-0.1, -0.05) is 0 Å². The standard InChI is InChI=1S/C15H17N3O3/c1-20-12-4-5-13(21-2)14-10(12)8-18(9-11(14)19)15-16-6-3-7-17-15/h3-7,11,19H,8-9H2,1-2H3/t11-/m0/s1. The van der Waals surface area contributed by atoms with Crippen LogP contribution in [0.1, 0.15) is 17.2 Å². The maximum absolute atomic E-state index is 10.5. The molecule has 1 aromatic heterocycles. The topological polar surface area (TPSA) is 67.7 Å². The van der Waals surface area contributed by atoms with Crippen LogP contribution in [0, 0.1) is 0 Å². The van der Waals surface area contributed by atoms with Crippen LogP contribution in [0.25, 0.3) is 0 Å². The van der Waals surface area contributed by atoms with Gasteiger partial charge in [-0.05, 0) is 18.2 Å². The zero-order chi connectivity index (χ0) is 14.8. The molecule has 1 aromatic carbocycles. The molecule has 0 saturated carbocycles. The van der Waals surface area contributed by atoms with E-state index < -0.39 is 6.10 Å². The predicted molar refractivity (Wildman–Crippen MR) is 77.6 cm³/mol. The number of aromatic nitrogens is 2. The van der Waals surface area contributed by atoms with Gasteiger partial charge in [0.2, 0.25) is 5.95 Å². The third-order valence-electron chi connectivity index (χ3n) is 3.62. The van der Waals surface area contributed by atoms with Crippen LogP contribution in [-0.2, 0) is 6.54 Å². The zero-order valence-electron chi connectivity index (χ0n) is 12.0. The van der Waals surface area contributed by atoms with Crippen LogP contribution in [0.3, 0.4) is 0 Å². The van der Waals surface area contributed by atoms with Crippen LogP contribution in [0.2, 0.25) is 0 Å². The van der Waals surface area contributed by atoms with Gasteiger partial charge in [-0.15, -0.1) is 0 Å². The fraction of sp³-hybridized carbons (Fsp3) is 0.333. The number of β-amino-alcohol motifs (C(OH)–C–C–N with tert-alkyl or cyclic N) is 1. The smallest absolute Gasteiger partial charge is 0.225 e. The van der Waals surface area contributed by atoms with E-state index in [1.807, 2.05) is 17.0 Å². The quantitative estimate of drug-likeness (QED) is 0.923. The van der Waals surface area contributed by atoms with E-state index in [0.29, 0.717) is 24.8 Å². The molecule has 21 heavy (non-hydrogen) atoms. The molecule has 3 rings (SSSR count). The Kier molecular flexibility index (Phi) is 3.62. The largest absolute Gasteiger partial charge is 0.496 e. The van der Waals surface area contributed by atoms with Crippen LogP contribution in [0.15, 0.2) is 30.6 Å². The van der Waals surface area contributed by atoms with Crippen molar-refractivity contribution in [3.8, 4) is 11.5 Å². The van der Waals surface area contributed by atoms with E-state index in [2.05, 4.69) is 9.97 Å². The van der Waals surface area contributed by atoms with Gasteiger partial charge < -0.3 is 19.5 Å². The molecule has 1 atom stereocenters. The van der Waals surface area contributed by atoms with Crippen molar-refractivity contribution in [2.24, 2.45) is 0 Å². The van der Waals surface area contributed by atoms with Crippen molar-refractivity contribution in [3.63, 3.8) is 0 Å². The van der Waals surface area contributed by atoms with Gasteiger partial charge in [-0.3, -0.25) is 0 Å². The van der Waals surface area contributed by atoms with E-state index in [1.54, 1.807) is 32.7 Å². The third kappa shape index (κ3) is 2.38. The van der Waals surface area contributed by atoms with Crippen molar-refractivity contribution in [1.29, 1.82) is 0 Å². The Balaban J connectivity index is 2.05. The summed E-state index contributed by atoms with van der Waals surface area (Å²) in [5.74, 6) is 1.99. The second kappa shape index (κ2) is 5.57. The van der Waals surface area contributed by atoms with E-state index in [0.717, 1.165) is 16.9 Å². The van der Waals surface area contributed by atoms with Crippen molar-refractivity contribution in [2.75, 3.05) is 25.7 Å². The lowest BCUT2D eigenvalue weighted by molar-refractivity contribution is 0.169. The SMILES string of the molecule is COc1ccc(OC)c2c1CN(c1ncccn1)C[C@@H]2O. The Morgan fingerprint density at radius 1 is 1.14 bits per heavy atom. The van der Waals surface area contributed by atoms with Crippen molar-refractivity contribution < 1.29 is 14.6 Å². The summed E-state index contributed by atoms with van der Waals surface area (Å²) in [7, 11) is 3.22. The molecule has 0 fully saturated rings. The third-order valence-corrected chi connectivity index (χ3v) is 3.62. The number of methoxy groups -OCH3 is 2. The zero-order valence-corrected chi connectivity index (χ0v) is 12.0. The molecule has 6 nitrogen and oxygen atoms in total. The summed E-state index contributed by atoms with van der Waals surface area (Å²) in [4.78, 5) is 10.4. The lowest BCUT2D eigenvalue weighted by Gasteiger charge is -2.33. The molecule has 1 N–H and O–H groups in total. The first-order valence-electron chi connectivity index (χ1n) is 6.68. The van der Waals surface area contributed by atoms with Crippen molar-refractivity contribution in [1.82, 2.24) is 9.97 Å². The second-order valence-corrected chi connectivity index (χ2v) is 4.81. The van der Waals surface area contributed by atoms with Crippen LogP contribution >= 0.6 is 0 Å². The molecule has 2 heterocycles. The molecular formula is C15H17N3O3. The molecule has 1 aliphatic heterocycles. The Morgan fingerprint density at radius 3 is 2.48 bits per heavy atom. The minimum Gasteiger partial charge on any atom is -0.496 e. The van der Waals surface area contributed by atoms with E-state index in [9.17, 15) is 5.11 Å². The lowest BCUT2D eigenvalue weighted by Crippen LogP contribution is -2.35. The molecular weight excluding hydrogens is 270 g/mol. The minimum absolute atomic E-state index is 0.417. The molecule has 0 radical (unpaired) electrons. The Labute approximate surface area is 123 Å². The summed E-state index contributed by atoms with van der Waals surface area (Å²) >= 11 is 0. The first-order chi connectivity index (χ1) is 10.2. The van der Waals surface area contributed by atoms with Gasteiger partial charge in [0.15, 0.2) is 0 Å². The molecule has 110 valence electrons. The molecule has 0 unspecified atom stereocenters. The number of benzene rings is 1. The molecule has 0 aliphatic carbocycles. The van der Waals surface area contributed by atoms with Crippen molar-refractivity contribution in [3.05, 3.63) is 41.7 Å². The number of hydrogen-bond donors (Lipinski definition) is 1. The van der Waals surface area contributed by atoms with Gasteiger partial charge in [0, 0.05) is 23.5 Å². The van der Waals surface area contributed by atoms with E-state index in [1.165, 1.54) is 0 Å². The molecule has 1 aliphatic rings. The number of nitrogens with zero attached hydrogens (tertiary/aromatic N) is 3. The Morgan fingerprint density at radius 2 is 1.81 bits per heavy atom. The summed E-state index contributed by atoms with van der Waals surface area (Å²) in [5, 5.41) is 10.5. The Hall–Kier alpha value is -2.34. The highest BCUT2D eigenvalue weighted by atomic mass is 16.5. The van der Waals surface area contributed by atoms with E-state index in [-0.39, 0.29) is 0 Å². The molecule has 0 bridgehead atoms. The van der Waals surface area contributed by atoms with Gasteiger partial charge in [0.25, 0.3) is 0 Å². The van der Waals surface area contributed by atoms with Gasteiger partial charge in [-0.2, -0.15) is 0 Å². The first-order valence-corrected chi connectivity index (χ1v) is 6.68. The summed E-state index contributed by atoms with van der Waals surface area (Å²) in [6.07, 6.45) is 2.70. The average Bonchev–Trinajstić information content (AvgIpc) is 2.54. The van der Waals surface area contributed by atoms with E-state index >= 15 is 0 Å². The number of aliphatic hydroxyl groups excluding tert-OH is 1. The molecule has 6 heteroatoms. The monoisotopic (exact) mass is 287 g/mol. The van der Waals surface area contributed by atoms with Crippen molar-refractivity contribution in [2.45, 2.75) is 12.6 Å². The number of fused-ring (bicyclic) bond motifs is 1. The number of hydrogen-bond acceptors (Lipinski definition) is 6. The molecule has 0 spiro atoms. The maximum Gasteiger partial charge on any atom is 0.225 e. The summed E-state index contributed by atoms with van der Waals surface area (Å²) in [6, 6.07) is 5.43. The van der Waals surface area contributed by atoms with Crippen LogP contribution in [0.5, 0.6) is 11.5 Å². The fourth-order valence-corrected chi connectivity index (χ4v) is 2.68. The minimum atomic E-state index is -0.678. The van der Waals surface area contributed by atoms with E-state index in [4.69, 9.17) is 9.47 Å². The lowest BCUT2D eigenvalue weighted by atomic mass is 9.95. The highest BCUT2D eigenvalue weighted by molar-refractivity contribution is 5.54. The summed E-state index contributed by atoms with van der Waals surface area (Å²) < 4.78 is 10.8. The van der Waals surface area contributed by atoms with Gasteiger partial charge in [0.1, 0.15) is 17.6 Å². The first kappa shape index (κ1) is 13.6.